The number of benzene rings is 2. The molecule has 6 nitrogen and oxygen atoms in total. The minimum absolute atomic E-state index is 0.0558. The van der Waals surface area contributed by atoms with Crippen LogP contribution < -0.4 is 16.4 Å². The number of nitrogens with two attached hydrogens (primary N) is 1. The maximum atomic E-state index is 15.2. The second-order valence-corrected chi connectivity index (χ2v) is 12.0. The van der Waals surface area contributed by atoms with Crippen molar-refractivity contribution in [2.45, 2.75) is 62.3 Å². The average Bonchev–Trinajstić information content (AvgIpc) is 3.72. The van der Waals surface area contributed by atoms with Crippen LogP contribution >= 0.6 is 11.8 Å². The molecule has 40 heavy (non-hydrogen) atoms. The van der Waals surface area contributed by atoms with Gasteiger partial charge in [0.25, 0.3) is 0 Å². The fourth-order valence-corrected chi connectivity index (χ4v) is 6.26. The Hall–Kier alpha value is -3.29. The number of alkyl halides is 3. The maximum Gasteiger partial charge on any atom is 0.414 e. The van der Waals surface area contributed by atoms with Crippen LogP contribution in [0.15, 0.2) is 60.7 Å². The van der Waals surface area contributed by atoms with Gasteiger partial charge in [-0.05, 0) is 53.0 Å². The van der Waals surface area contributed by atoms with Gasteiger partial charge in [-0.1, -0.05) is 69.0 Å². The molecule has 4 rings (SSSR count). The summed E-state index contributed by atoms with van der Waals surface area (Å²) >= 11 is 1.12. The number of amides is 2. The summed E-state index contributed by atoms with van der Waals surface area (Å²) in [6.07, 6.45) is -3.26. The van der Waals surface area contributed by atoms with Gasteiger partial charge in [0.05, 0.1) is 17.5 Å². The van der Waals surface area contributed by atoms with Crippen LogP contribution in [0, 0.1) is 17.2 Å². The molecule has 1 heterocycles. The molecule has 0 unspecified atom stereocenters. The lowest BCUT2D eigenvalue weighted by Gasteiger charge is -2.42. The number of thioether (sulfide) groups is 1. The van der Waals surface area contributed by atoms with Gasteiger partial charge in [-0.3, -0.25) is 14.9 Å². The molecule has 1 aliphatic heterocycles. The van der Waals surface area contributed by atoms with E-state index in [0.29, 0.717) is 18.4 Å². The summed E-state index contributed by atoms with van der Waals surface area (Å²) in [6.45, 7) is 7.50. The van der Waals surface area contributed by atoms with Crippen molar-refractivity contribution in [2.24, 2.45) is 11.7 Å². The molecule has 2 aromatic rings. The largest absolute Gasteiger partial charge is 0.414 e. The van der Waals surface area contributed by atoms with Gasteiger partial charge < -0.3 is 11.1 Å². The smallest absolute Gasteiger partial charge is 0.369 e. The summed E-state index contributed by atoms with van der Waals surface area (Å²) in [5, 5.41) is 14.7. The zero-order valence-corrected chi connectivity index (χ0v) is 23.3. The van der Waals surface area contributed by atoms with E-state index in [0.717, 1.165) is 22.9 Å². The van der Waals surface area contributed by atoms with Gasteiger partial charge in [0.1, 0.15) is 6.04 Å². The molecule has 2 amide bonds. The maximum absolute atomic E-state index is 15.2. The van der Waals surface area contributed by atoms with Crippen LogP contribution in [-0.2, 0) is 20.5 Å². The first-order valence-corrected chi connectivity index (χ1v) is 14.3. The number of nitriles is 1. The lowest BCUT2D eigenvalue weighted by Crippen LogP contribution is -2.63. The molecule has 0 bridgehead atoms. The van der Waals surface area contributed by atoms with Crippen molar-refractivity contribution in [1.29, 1.82) is 5.26 Å². The van der Waals surface area contributed by atoms with E-state index in [2.05, 4.69) is 17.2 Å². The Kier molecular flexibility index (Phi) is 8.38. The zero-order chi connectivity index (χ0) is 29.3. The number of nitrogens with zero attached hydrogens (tertiary/aromatic N) is 1. The number of carbonyl (C=O) groups is 2. The van der Waals surface area contributed by atoms with Crippen LogP contribution in [0.1, 0.15) is 44.2 Å². The Morgan fingerprint density at radius 1 is 1.12 bits per heavy atom. The summed E-state index contributed by atoms with van der Waals surface area (Å²) in [7, 11) is 0. The molecule has 1 saturated heterocycles. The van der Waals surface area contributed by atoms with E-state index in [1.54, 1.807) is 12.1 Å². The molecule has 3 atom stereocenters. The molecule has 2 fully saturated rings. The number of halogens is 3. The van der Waals surface area contributed by atoms with Crippen molar-refractivity contribution in [2.75, 3.05) is 11.5 Å². The highest BCUT2D eigenvalue weighted by Gasteiger charge is 2.59. The van der Waals surface area contributed by atoms with Gasteiger partial charge >= 0.3 is 6.18 Å². The molecule has 1 aliphatic carbocycles. The third-order valence-electron chi connectivity index (χ3n) is 7.71. The number of nitrogens with one attached hydrogen (secondary N) is 2. The molecule has 4 N–H and O–H groups in total. The minimum Gasteiger partial charge on any atom is -0.369 e. The molecular formula is C30H33F3N4O2S. The van der Waals surface area contributed by atoms with E-state index in [4.69, 9.17) is 5.73 Å². The number of hydrogen-bond donors (Lipinski definition) is 3. The molecule has 2 aromatic carbocycles. The number of primary amides is 1. The van der Waals surface area contributed by atoms with Crippen molar-refractivity contribution in [3.05, 3.63) is 71.8 Å². The predicted octanol–water partition coefficient (Wildman–Crippen LogP) is 4.94. The van der Waals surface area contributed by atoms with Crippen LogP contribution in [0.3, 0.4) is 0 Å². The van der Waals surface area contributed by atoms with Gasteiger partial charge in [0.2, 0.25) is 11.8 Å². The van der Waals surface area contributed by atoms with E-state index < -0.39 is 35.1 Å². The third kappa shape index (κ3) is 5.63. The second kappa shape index (κ2) is 11.3. The van der Waals surface area contributed by atoms with Crippen LogP contribution in [-0.4, -0.2) is 41.6 Å². The van der Waals surface area contributed by atoms with Crippen molar-refractivity contribution in [1.82, 2.24) is 10.6 Å². The van der Waals surface area contributed by atoms with Gasteiger partial charge in [0.15, 0.2) is 5.54 Å². The third-order valence-corrected chi connectivity index (χ3v) is 8.84. The highest BCUT2D eigenvalue weighted by Crippen LogP contribution is 2.49. The molecule has 0 radical (unpaired) electrons. The SMILES string of the molecule is C=C1CSC[C@@H](C#N)NC(=O)[C@H](CC(C)C)N[C@@]1(c1ccc(-c2ccc(C3(C(N)=O)CC3)cc2)cc1)C(F)(F)F. The first-order valence-electron chi connectivity index (χ1n) is 13.2. The van der Waals surface area contributed by atoms with Crippen LogP contribution in [0.4, 0.5) is 13.2 Å². The Balaban J connectivity index is 1.72. The van der Waals surface area contributed by atoms with E-state index in [9.17, 15) is 14.9 Å². The standard InChI is InChI=1S/C30H33F3N4O2S/c1-18(2)14-25-26(38)36-24(15-34)17-40-16-19(3)29(37-25,30(31,32)33)23-10-6-21(7-11-23)20-4-8-22(9-5-20)28(12-13-28)27(35)39/h4-11,18,24-25,37H,3,12-14,16-17H2,1-2H3,(H2,35,39)(H,36,38)/t24-,25+,29+/m1/s1. The molecule has 1 saturated carbocycles. The monoisotopic (exact) mass is 570 g/mol. The molecule has 2 aliphatic rings. The molecule has 212 valence electrons. The minimum atomic E-state index is -4.81. The van der Waals surface area contributed by atoms with Crippen molar-refractivity contribution >= 4 is 23.6 Å². The average molecular weight is 571 g/mol. The normalized spacial score (nSPS) is 25.1. The summed E-state index contributed by atoms with van der Waals surface area (Å²) in [4.78, 5) is 25.0. The number of hydrogen-bond acceptors (Lipinski definition) is 5. The Labute approximate surface area is 236 Å². The molecule has 0 spiro atoms. The quantitative estimate of drug-likeness (QED) is 0.427. The summed E-state index contributed by atoms with van der Waals surface area (Å²) < 4.78 is 45.5. The Bertz CT molecular complexity index is 1310. The lowest BCUT2D eigenvalue weighted by atomic mass is 9.80. The van der Waals surface area contributed by atoms with Crippen molar-refractivity contribution in [3.63, 3.8) is 0 Å². The van der Waals surface area contributed by atoms with Crippen molar-refractivity contribution in [3.8, 4) is 17.2 Å². The fraction of sp³-hybridized carbons (Fsp3) is 0.433. The van der Waals surface area contributed by atoms with Gasteiger partial charge in [-0.2, -0.15) is 30.2 Å². The van der Waals surface area contributed by atoms with Gasteiger partial charge in [-0.25, -0.2) is 0 Å². The molecule has 0 aromatic heterocycles. The van der Waals surface area contributed by atoms with E-state index in [1.807, 2.05) is 44.2 Å². The van der Waals surface area contributed by atoms with Gasteiger partial charge in [-0.15, -0.1) is 0 Å². The van der Waals surface area contributed by atoms with Gasteiger partial charge in [0, 0.05) is 11.5 Å². The Morgan fingerprint density at radius 3 is 2.12 bits per heavy atom. The summed E-state index contributed by atoms with van der Waals surface area (Å²) in [5.74, 6) is -0.999. The second-order valence-electron chi connectivity index (χ2n) is 11.0. The van der Waals surface area contributed by atoms with Crippen molar-refractivity contribution < 1.29 is 22.8 Å². The molecule has 10 heteroatoms. The topological polar surface area (TPSA) is 108 Å². The van der Waals surface area contributed by atoms with E-state index in [1.165, 1.54) is 12.1 Å². The molecular weight excluding hydrogens is 537 g/mol. The van der Waals surface area contributed by atoms with Crippen LogP contribution in [0.5, 0.6) is 0 Å². The first kappa shape index (κ1) is 29.7. The fourth-order valence-electron chi connectivity index (χ4n) is 5.29. The van der Waals surface area contributed by atoms with E-state index in [-0.39, 0.29) is 40.9 Å². The lowest BCUT2D eigenvalue weighted by molar-refractivity contribution is -0.191. The summed E-state index contributed by atoms with van der Waals surface area (Å²) in [5.41, 5.74) is 4.38. The van der Waals surface area contributed by atoms with Crippen LogP contribution in [0.25, 0.3) is 11.1 Å². The highest BCUT2D eigenvalue weighted by atomic mass is 32.2. The predicted molar refractivity (Wildman–Crippen MR) is 150 cm³/mol. The first-order chi connectivity index (χ1) is 18.8. The highest BCUT2D eigenvalue weighted by molar-refractivity contribution is 7.99. The van der Waals surface area contributed by atoms with Crippen LogP contribution in [0.2, 0.25) is 0 Å². The summed E-state index contributed by atoms with van der Waals surface area (Å²) in [6, 6.07) is 13.4. The van der Waals surface area contributed by atoms with E-state index >= 15 is 13.2 Å². The zero-order valence-electron chi connectivity index (χ0n) is 22.5. The Morgan fingerprint density at radius 2 is 1.68 bits per heavy atom. The number of carbonyl (C=O) groups excluding carboxylic acids is 2. The number of rotatable bonds is 6.